The molecule has 0 saturated heterocycles. The Kier molecular flexibility index (Phi) is 7.17. The van der Waals surface area contributed by atoms with Gasteiger partial charge in [0.15, 0.2) is 18.2 Å². The van der Waals surface area contributed by atoms with Crippen molar-refractivity contribution in [2.45, 2.75) is 62.1 Å². The third-order valence-electron chi connectivity index (χ3n) is 4.38. The van der Waals surface area contributed by atoms with E-state index < -0.39 is 18.2 Å². The first-order valence-corrected chi connectivity index (χ1v) is 12.8. The highest BCUT2D eigenvalue weighted by Crippen LogP contribution is 2.33. The van der Waals surface area contributed by atoms with Crippen LogP contribution in [0.15, 0.2) is 29.2 Å². The third kappa shape index (κ3) is 4.85. The smallest absolute Gasteiger partial charge is 0.192 e. The summed E-state index contributed by atoms with van der Waals surface area (Å²) in [6.45, 7) is 8.63. The van der Waals surface area contributed by atoms with Crippen LogP contribution in [0.25, 0.3) is 0 Å². The van der Waals surface area contributed by atoms with E-state index in [1.54, 1.807) is 12.1 Å². The average Bonchev–Trinajstić information content (AvgIpc) is 2.48. The summed E-state index contributed by atoms with van der Waals surface area (Å²) < 4.78 is 29.7. The normalized spacial score (nSPS) is 15.5. The molecule has 0 spiro atoms. The third-order valence-corrected chi connectivity index (χ3v) is 10.4. The molecular formula is C16H28O3S2Si. The Bertz CT molecular complexity index is 555. The van der Waals surface area contributed by atoms with Gasteiger partial charge in [-0.2, -0.15) is 12.6 Å². The fraction of sp³-hybridized carbons (Fsp3) is 0.625. The Hall–Kier alpha value is -0.303. The summed E-state index contributed by atoms with van der Waals surface area (Å²) in [5.41, 5.74) is 1.00. The first-order chi connectivity index (χ1) is 10.2. The van der Waals surface area contributed by atoms with Crippen LogP contribution in [-0.4, -0.2) is 28.2 Å². The molecule has 0 aliphatic rings. The van der Waals surface area contributed by atoms with Crippen LogP contribution in [0, 0.1) is 0 Å². The molecule has 2 unspecified atom stereocenters. The molecule has 2 atom stereocenters. The molecule has 0 heterocycles. The molecule has 1 rings (SSSR count). The van der Waals surface area contributed by atoms with Gasteiger partial charge in [-0.1, -0.05) is 39.8 Å². The number of benzene rings is 1. The van der Waals surface area contributed by atoms with E-state index >= 15 is 0 Å². The monoisotopic (exact) mass is 360 g/mol. The van der Waals surface area contributed by atoms with Crippen LogP contribution in [0.5, 0.6) is 0 Å². The highest BCUT2D eigenvalue weighted by molar-refractivity contribution is 7.90. The maximum atomic E-state index is 11.6. The van der Waals surface area contributed by atoms with Gasteiger partial charge in [0.05, 0.1) is 11.0 Å². The van der Waals surface area contributed by atoms with E-state index in [1.807, 2.05) is 19.1 Å². The zero-order valence-corrected chi connectivity index (χ0v) is 16.9. The largest absolute Gasteiger partial charge is 0.409 e. The molecule has 1 aromatic carbocycles. The molecule has 0 aliphatic heterocycles. The summed E-state index contributed by atoms with van der Waals surface area (Å²) in [7, 11) is -4.91. The lowest BCUT2D eigenvalue weighted by Gasteiger charge is -2.35. The predicted molar refractivity (Wildman–Crippen MR) is 99.0 cm³/mol. The first kappa shape index (κ1) is 19.7. The molecule has 0 aromatic heterocycles. The maximum absolute atomic E-state index is 11.6. The van der Waals surface area contributed by atoms with Crippen molar-refractivity contribution in [1.82, 2.24) is 0 Å². The molecule has 3 nitrogen and oxygen atoms in total. The maximum Gasteiger partial charge on any atom is 0.192 e. The minimum atomic E-state index is -3.17. The fourth-order valence-corrected chi connectivity index (χ4v) is 6.48. The van der Waals surface area contributed by atoms with Crippen LogP contribution in [-0.2, 0) is 14.3 Å². The van der Waals surface area contributed by atoms with Gasteiger partial charge >= 0.3 is 0 Å². The van der Waals surface area contributed by atoms with Crippen molar-refractivity contribution in [3.63, 3.8) is 0 Å². The second-order valence-electron chi connectivity index (χ2n) is 5.86. The van der Waals surface area contributed by atoms with Gasteiger partial charge < -0.3 is 4.43 Å². The first-order valence-electron chi connectivity index (χ1n) is 7.85. The number of thiol groups is 1. The van der Waals surface area contributed by atoms with Crippen molar-refractivity contribution in [2.75, 3.05) is 6.26 Å². The molecule has 0 fully saturated rings. The van der Waals surface area contributed by atoms with Gasteiger partial charge in [-0.25, -0.2) is 8.42 Å². The second kappa shape index (κ2) is 7.99. The van der Waals surface area contributed by atoms with E-state index in [1.165, 1.54) is 6.26 Å². The Balaban J connectivity index is 3.11. The molecule has 0 amide bonds. The highest BCUT2D eigenvalue weighted by atomic mass is 32.2. The van der Waals surface area contributed by atoms with E-state index in [0.717, 1.165) is 23.7 Å². The summed E-state index contributed by atoms with van der Waals surface area (Å²) in [5, 5.41) is 0.0561. The predicted octanol–water partition coefficient (Wildman–Crippen LogP) is 4.47. The number of sulfone groups is 1. The molecule has 6 heteroatoms. The Labute approximate surface area is 141 Å². The summed E-state index contributed by atoms with van der Waals surface area (Å²) in [4.78, 5) is 0.340. The van der Waals surface area contributed by atoms with Crippen molar-refractivity contribution in [3.8, 4) is 0 Å². The summed E-state index contributed by atoms with van der Waals surface area (Å²) in [5.74, 6) is 0. The van der Waals surface area contributed by atoms with E-state index in [9.17, 15) is 8.42 Å². The van der Waals surface area contributed by atoms with E-state index in [0.29, 0.717) is 4.90 Å². The highest BCUT2D eigenvalue weighted by Gasteiger charge is 2.34. The van der Waals surface area contributed by atoms with E-state index in [2.05, 4.69) is 33.4 Å². The molecule has 22 heavy (non-hydrogen) atoms. The summed E-state index contributed by atoms with van der Waals surface area (Å²) >= 11 is 4.59. The Morgan fingerprint density at radius 3 is 1.86 bits per heavy atom. The lowest BCUT2D eigenvalue weighted by Crippen LogP contribution is -2.39. The molecule has 1 aromatic rings. The molecule has 0 saturated carbocycles. The van der Waals surface area contributed by atoms with Crippen LogP contribution in [0.3, 0.4) is 0 Å². The van der Waals surface area contributed by atoms with Crippen molar-refractivity contribution < 1.29 is 12.8 Å². The van der Waals surface area contributed by atoms with Crippen molar-refractivity contribution in [2.24, 2.45) is 0 Å². The lowest BCUT2D eigenvalue weighted by atomic mass is 10.1. The van der Waals surface area contributed by atoms with Crippen molar-refractivity contribution >= 4 is 30.8 Å². The minimum Gasteiger partial charge on any atom is -0.409 e. The Morgan fingerprint density at radius 2 is 1.55 bits per heavy atom. The van der Waals surface area contributed by atoms with Gasteiger partial charge in [-0.15, -0.1) is 0 Å². The van der Waals surface area contributed by atoms with Crippen LogP contribution >= 0.6 is 12.6 Å². The SMILES string of the molecule is CC[Si](CC)(CC)OC(c1ccc(S(C)(=O)=O)cc1)C(C)S. The van der Waals surface area contributed by atoms with E-state index in [4.69, 9.17) is 4.43 Å². The Morgan fingerprint density at radius 1 is 1.09 bits per heavy atom. The molecular weight excluding hydrogens is 332 g/mol. The van der Waals surface area contributed by atoms with Crippen molar-refractivity contribution in [3.05, 3.63) is 29.8 Å². The van der Waals surface area contributed by atoms with E-state index in [-0.39, 0.29) is 11.4 Å². The molecule has 0 N–H and O–H groups in total. The summed E-state index contributed by atoms with van der Waals surface area (Å²) in [6, 6.07) is 10.3. The molecule has 0 radical (unpaired) electrons. The standard InChI is InChI=1S/C16H28O3S2Si/c1-6-22(7-2,8-3)19-16(13(4)20)14-9-11-15(12-10-14)21(5,17)18/h9-13,16,20H,6-8H2,1-5H3. The van der Waals surface area contributed by atoms with Crippen molar-refractivity contribution in [1.29, 1.82) is 0 Å². The van der Waals surface area contributed by atoms with Crippen LogP contribution < -0.4 is 0 Å². The van der Waals surface area contributed by atoms with Gasteiger partial charge in [0.1, 0.15) is 0 Å². The topological polar surface area (TPSA) is 43.4 Å². The zero-order chi connectivity index (χ0) is 17.0. The molecule has 0 aliphatic carbocycles. The zero-order valence-electron chi connectivity index (χ0n) is 14.2. The van der Waals surface area contributed by atoms with Gasteiger partial charge in [-0.05, 0) is 35.8 Å². The van der Waals surface area contributed by atoms with Crippen LogP contribution in [0.1, 0.15) is 39.4 Å². The quantitative estimate of drug-likeness (QED) is 0.549. The number of hydrogen-bond acceptors (Lipinski definition) is 4. The molecule has 0 bridgehead atoms. The lowest BCUT2D eigenvalue weighted by molar-refractivity contribution is 0.191. The molecule has 126 valence electrons. The van der Waals surface area contributed by atoms with Gasteiger partial charge in [-0.3, -0.25) is 0 Å². The van der Waals surface area contributed by atoms with Crippen LogP contribution in [0.2, 0.25) is 18.1 Å². The number of hydrogen-bond donors (Lipinski definition) is 1. The minimum absolute atomic E-state index is 0.0561. The number of rotatable bonds is 8. The van der Waals surface area contributed by atoms with Gasteiger partial charge in [0.2, 0.25) is 0 Å². The fourth-order valence-electron chi connectivity index (χ4n) is 2.62. The average molecular weight is 361 g/mol. The second-order valence-corrected chi connectivity index (χ2v) is 13.4. The van der Waals surface area contributed by atoms with Crippen LogP contribution in [0.4, 0.5) is 0 Å². The summed E-state index contributed by atoms with van der Waals surface area (Å²) in [6.07, 6.45) is 1.13. The van der Waals surface area contributed by atoms with Gasteiger partial charge in [0.25, 0.3) is 0 Å². The van der Waals surface area contributed by atoms with Gasteiger partial charge in [0, 0.05) is 11.5 Å².